The molecule has 1 aromatic carbocycles. The summed E-state index contributed by atoms with van der Waals surface area (Å²) in [5, 5.41) is 12.3. The number of hydrogen-bond donors (Lipinski definition) is 2. The lowest BCUT2D eigenvalue weighted by Crippen LogP contribution is -2.29. The molecule has 130 valence electrons. The maximum Gasteiger partial charge on any atom is 0.416 e. The van der Waals surface area contributed by atoms with Gasteiger partial charge in [-0.25, -0.2) is 0 Å². The lowest BCUT2D eigenvalue weighted by Gasteiger charge is -2.18. The summed E-state index contributed by atoms with van der Waals surface area (Å²) < 4.78 is 39.0. The predicted molar refractivity (Wildman–Crippen MR) is 82.9 cm³/mol. The van der Waals surface area contributed by atoms with E-state index in [1.807, 2.05) is 13.8 Å². The number of halogens is 3. The van der Waals surface area contributed by atoms with Gasteiger partial charge >= 0.3 is 6.18 Å². The van der Waals surface area contributed by atoms with Crippen molar-refractivity contribution in [3.63, 3.8) is 0 Å². The van der Waals surface area contributed by atoms with Crippen LogP contribution in [0.25, 0.3) is 0 Å². The summed E-state index contributed by atoms with van der Waals surface area (Å²) in [5.41, 5.74) is -0.576. The molecule has 0 fully saturated rings. The lowest BCUT2D eigenvalue weighted by molar-refractivity contribution is -0.138. The third-order valence-corrected chi connectivity index (χ3v) is 3.82. The minimum atomic E-state index is -4.43. The van der Waals surface area contributed by atoms with Gasteiger partial charge in [0.15, 0.2) is 0 Å². The van der Waals surface area contributed by atoms with Gasteiger partial charge in [0, 0.05) is 13.0 Å². The number of carbonyl (C=O) groups excluding carboxylic acids is 1. The van der Waals surface area contributed by atoms with Crippen molar-refractivity contribution in [2.45, 2.75) is 51.8 Å². The molecule has 0 bridgehead atoms. The summed E-state index contributed by atoms with van der Waals surface area (Å²) in [6.07, 6.45) is -4.52. The number of aliphatic hydroxyl groups excluding tert-OH is 1. The first-order valence-electron chi connectivity index (χ1n) is 7.73. The Morgan fingerprint density at radius 1 is 1.22 bits per heavy atom. The van der Waals surface area contributed by atoms with Crippen LogP contribution in [0.3, 0.4) is 0 Å². The minimum absolute atomic E-state index is 0.0229. The van der Waals surface area contributed by atoms with Crippen LogP contribution in [-0.2, 0) is 11.0 Å². The lowest BCUT2D eigenvalue weighted by atomic mass is 9.92. The second-order valence-electron chi connectivity index (χ2n) is 6.14. The predicted octanol–water partition coefficient (Wildman–Crippen LogP) is 3.72. The number of hydrogen-bond acceptors (Lipinski definition) is 2. The zero-order valence-corrected chi connectivity index (χ0v) is 13.7. The number of benzene rings is 1. The Hall–Kier alpha value is -1.56. The second kappa shape index (κ2) is 8.34. The molecule has 0 heterocycles. The first kappa shape index (κ1) is 19.5. The van der Waals surface area contributed by atoms with E-state index in [1.165, 1.54) is 18.2 Å². The third kappa shape index (κ3) is 6.22. The molecule has 23 heavy (non-hydrogen) atoms. The normalized spacial score (nSPS) is 14.6. The number of amides is 1. The summed E-state index contributed by atoms with van der Waals surface area (Å²) in [6, 6.07) is 5.32. The highest BCUT2D eigenvalue weighted by Gasteiger charge is 2.34. The summed E-state index contributed by atoms with van der Waals surface area (Å²) in [5.74, 6) is -0.752. The molecule has 0 saturated heterocycles. The van der Waals surface area contributed by atoms with E-state index in [0.717, 1.165) is 6.07 Å². The Kier molecular flexibility index (Phi) is 7.06. The molecule has 6 heteroatoms. The zero-order valence-electron chi connectivity index (χ0n) is 13.7. The van der Waals surface area contributed by atoms with Gasteiger partial charge in [0.1, 0.15) is 0 Å². The van der Waals surface area contributed by atoms with Gasteiger partial charge in [-0.15, -0.1) is 0 Å². The van der Waals surface area contributed by atoms with Crippen molar-refractivity contribution < 1.29 is 23.1 Å². The fraction of sp³-hybridized carbons (Fsp3) is 0.588. The van der Waals surface area contributed by atoms with Crippen molar-refractivity contribution in [2.75, 3.05) is 6.54 Å². The quantitative estimate of drug-likeness (QED) is 0.800. The first-order valence-corrected chi connectivity index (χ1v) is 7.73. The van der Waals surface area contributed by atoms with E-state index in [9.17, 15) is 23.1 Å². The average Bonchev–Trinajstić information content (AvgIpc) is 2.46. The average molecular weight is 331 g/mol. The van der Waals surface area contributed by atoms with E-state index >= 15 is 0 Å². The van der Waals surface area contributed by atoms with Crippen LogP contribution in [-0.4, -0.2) is 23.7 Å². The Morgan fingerprint density at radius 3 is 2.39 bits per heavy atom. The fourth-order valence-electron chi connectivity index (χ4n) is 2.34. The molecule has 2 unspecified atom stereocenters. The molecule has 1 amide bonds. The molecule has 0 saturated carbocycles. The van der Waals surface area contributed by atoms with Crippen LogP contribution in [0.15, 0.2) is 24.3 Å². The van der Waals surface area contributed by atoms with Crippen molar-refractivity contribution in [2.24, 2.45) is 5.92 Å². The van der Waals surface area contributed by atoms with Gasteiger partial charge in [-0.05, 0) is 29.9 Å². The van der Waals surface area contributed by atoms with Gasteiger partial charge in [-0.3, -0.25) is 4.79 Å². The Morgan fingerprint density at radius 2 is 1.83 bits per heavy atom. The van der Waals surface area contributed by atoms with E-state index in [1.54, 1.807) is 6.92 Å². The van der Waals surface area contributed by atoms with Crippen molar-refractivity contribution in [3.8, 4) is 0 Å². The molecule has 1 aromatic rings. The summed E-state index contributed by atoms with van der Waals surface area (Å²) in [4.78, 5) is 11.9. The van der Waals surface area contributed by atoms with Gasteiger partial charge < -0.3 is 10.4 Å². The highest BCUT2D eigenvalue weighted by Crippen LogP contribution is 2.35. The van der Waals surface area contributed by atoms with Crippen LogP contribution >= 0.6 is 0 Å². The van der Waals surface area contributed by atoms with E-state index in [0.29, 0.717) is 13.0 Å². The van der Waals surface area contributed by atoms with Crippen molar-refractivity contribution in [3.05, 3.63) is 35.4 Å². The number of rotatable bonds is 7. The fourth-order valence-corrected chi connectivity index (χ4v) is 2.34. The van der Waals surface area contributed by atoms with E-state index in [4.69, 9.17) is 0 Å². The highest BCUT2D eigenvalue weighted by molar-refractivity contribution is 5.76. The van der Waals surface area contributed by atoms with Gasteiger partial charge in [0.2, 0.25) is 5.91 Å². The van der Waals surface area contributed by atoms with Crippen LogP contribution < -0.4 is 5.32 Å². The van der Waals surface area contributed by atoms with Crippen molar-refractivity contribution in [1.82, 2.24) is 5.32 Å². The van der Waals surface area contributed by atoms with Crippen LogP contribution in [0, 0.1) is 5.92 Å². The van der Waals surface area contributed by atoms with E-state index < -0.39 is 23.8 Å². The molecule has 2 atom stereocenters. The standard InChI is InChI=1S/C17H24F3NO2/c1-11(2)15(22)8-9-21-16(23)10-12(3)13-6-4-5-7-14(13)17(18,19)20/h4-7,11-12,15,22H,8-10H2,1-3H3,(H,21,23). The minimum Gasteiger partial charge on any atom is -0.393 e. The number of carbonyl (C=O) groups is 1. The Balaban J connectivity index is 2.60. The summed E-state index contributed by atoms with van der Waals surface area (Å²) in [7, 11) is 0. The third-order valence-electron chi connectivity index (χ3n) is 3.82. The smallest absolute Gasteiger partial charge is 0.393 e. The first-order chi connectivity index (χ1) is 10.6. The number of alkyl halides is 3. The van der Waals surface area contributed by atoms with Gasteiger partial charge in [0.25, 0.3) is 0 Å². The maximum absolute atomic E-state index is 13.0. The molecule has 0 aliphatic heterocycles. The van der Waals surface area contributed by atoms with Gasteiger partial charge in [0.05, 0.1) is 11.7 Å². The molecular formula is C17H24F3NO2. The van der Waals surface area contributed by atoms with E-state index in [2.05, 4.69) is 5.32 Å². The van der Waals surface area contributed by atoms with E-state index in [-0.39, 0.29) is 23.8 Å². The van der Waals surface area contributed by atoms with Gasteiger partial charge in [-0.2, -0.15) is 13.2 Å². The van der Waals surface area contributed by atoms with Crippen LogP contribution in [0.1, 0.15) is 50.7 Å². The molecule has 0 aromatic heterocycles. The van der Waals surface area contributed by atoms with Crippen molar-refractivity contribution in [1.29, 1.82) is 0 Å². The zero-order chi connectivity index (χ0) is 17.6. The Labute approximate surface area is 134 Å². The molecule has 0 aliphatic rings. The molecular weight excluding hydrogens is 307 g/mol. The largest absolute Gasteiger partial charge is 0.416 e. The molecule has 0 radical (unpaired) electrons. The maximum atomic E-state index is 13.0. The Bertz CT molecular complexity index is 515. The van der Waals surface area contributed by atoms with Crippen LogP contribution in [0.5, 0.6) is 0 Å². The summed E-state index contributed by atoms with van der Waals surface area (Å²) >= 11 is 0. The summed E-state index contributed by atoms with van der Waals surface area (Å²) in [6.45, 7) is 5.67. The van der Waals surface area contributed by atoms with Crippen LogP contribution in [0.4, 0.5) is 13.2 Å². The topological polar surface area (TPSA) is 49.3 Å². The van der Waals surface area contributed by atoms with Crippen molar-refractivity contribution >= 4 is 5.91 Å². The number of nitrogens with one attached hydrogen (secondary N) is 1. The number of aliphatic hydroxyl groups is 1. The second-order valence-corrected chi connectivity index (χ2v) is 6.14. The molecule has 0 aliphatic carbocycles. The monoisotopic (exact) mass is 331 g/mol. The van der Waals surface area contributed by atoms with Crippen LogP contribution in [0.2, 0.25) is 0 Å². The molecule has 0 spiro atoms. The molecule has 1 rings (SSSR count). The van der Waals surface area contributed by atoms with Gasteiger partial charge in [-0.1, -0.05) is 39.0 Å². The SMILES string of the molecule is CC(CC(=O)NCCC(O)C(C)C)c1ccccc1C(F)(F)F. The highest BCUT2D eigenvalue weighted by atomic mass is 19.4. The molecule has 3 nitrogen and oxygen atoms in total. The molecule has 2 N–H and O–H groups in total.